The summed E-state index contributed by atoms with van der Waals surface area (Å²) in [5.74, 6) is 1.93. The maximum absolute atomic E-state index is 4.43. The second-order valence-corrected chi connectivity index (χ2v) is 3.82. The van der Waals surface area contributed by atoms with Crippen molar-refractivity contribution in [1.82, 2.24) is 19.1 Å². The summed E-state index contributed by atoms with van der Waals surface area (Å²) in [5, 5.41) is 3.24. The highest BCUT2D eigenvalue weighted by Crippen LogP contribution is 2.10. The summed E-state index contributed by atoms with van der Waals surface area (Å²) < 4.78 is 4.10. The Morgan fingerprint density at radius 1 is 1.44 bits per heavy atom. The van der Waals surface area contributed by atoms with E-state index in [1.165, 1.54) is 0 Å². The maximum Gasteiger partial charge on any atom is 0.203 e. The average molecular weight is 219 g/mol. The van der Waals surface area contributed by atoms with E-state index in [1.807, 2.05) is 37.1 Å². The van der Waals surface area contributed by atoms with Gasteiger partial charge in [0.15, 0.2) is 0 Å². The third-order valence-electron chi connectivity index (χ3n) is 2.46. The Morgan fingerprint density at radius 3 is 2.88 bits per heavy atom. The zero-order valence-electron chi connectivity index (χ0n) is 9.94. The van der Waals surface area contributed by atoms with E-state index in [2.05, 4.69) is 26.8 Å². The van der Waals surface area contributed by atoms with Crippen molar-refractivity contribution >= 4 is 5.95 Å². The van der Waals surface area contributed by atoms with E-state index in [9.17, 15) is 0 Å². The molecule has 0 saturated heterocycles. The first-order chi connectivity index (χ1) is 7.70. The first kappa shape index (κ1) is 10.7. The molecular formula is C11H17N5. The van der Waals surface area contributed by atoms with E-state index in [0.717, 1.165) is 30.6 Å². The van der Waals surface area contributed by atoms with E-state index in [4.69, 9.17) is 0 Å². The van der Waals surface area contributed by atoms with Crippen LogP contribution in [-0.4, -0.2) is 25.6 Å². The van der Waals surface area contributed by atoms with Gasteiger partial charge >= 0.3 is 0 Å². The molecule has 5 nitrogen and oxygen atoms in total. The molecule has 0 atom stereocenters. The van der Waals surface area contributed by atoms with Crippen molar-refractivity contribution in [3.05, 3.63) is 30.1 Å². The van der Waals surface area contributed by atoms with Gasteiger partial charge in [0.05, 0.1) is 12.2 Å². The highest BCUT2D eigenvalue weighted by molar-refractivity contribution is 5.29. The molecule has 86 valence electrons. The lowest BCUT2D eigenvalue weighted by Gasteiger charge is -2.07. The van der Waals surface area contributed by atoms with Crippen LogP contribution in [0.1, 0.15) is 18.4 Å². The lowest BCUT2D eigenvalue weighted by molar-refractivity contribution is 0.702. The Morgan fingerprint density at radius 2 is 2.25 bits per heavy atom. The zero-order chi connectivity index (χ0) is 11.5. The second-order valence-electron chi connectivity index (χ2n) is 3.82. The fraction of sp³-hybridized carbons (Fsp3) is 0.455. The molecule has 0 aliphatic rings. The lowest BCUT2D eigenvalue weighted by atomic mass is 10.5. The standard InChI is InChI=1S/C11H17N5/c1-4-12-11-14-9(2)7-16(11)8-10-13-5-6-15(10)3/h5-7H,4,8H2,1-3H3,(H,12,14). The first-order valence-corrected chi connectivity index (χ1v) is 5.44. The molecule has 0 unspecified atom stereocenters. The number of aryl methyl sites for hydroxylation is 2. The number of imidazole rings is 2. The molecule has 0 saturated carbocycles. The highest BCUT2D eigenvalue weighted by Gasteiger charge is 2.07. The lowest BCUT2D eigenvalue weighted by Crippen LogP contribution is -2.10. The van der Waals surface area contributed by atoms with Gasteiger partial charge in [0, 0.05) is 32.2 Å². The molecule has 5 heteroatoms. The van der Waals surface area contributed by atoms with Gasteiger partial charge in [-0.15, -0.1) is 0 Å². The zero-order valence-corrected chi connectivity index (χ0v) is 9.94. The molecule has 0 spiro atoms. The summed E-state index contributed by atoms with van der Waals surface area (Å²) >= 11 is 0. The summed E-state index contributed by atoms with van der Waals surface area (Å²) in [6.45, 7) is 5.68. The number of nitrogens with one attached hydrogen (secondary N) is 1. The number of anilines is 1. The average Bonchev–Trinajstić information content (AvgIpc) is 2.77. The molecule has 2 rings (SSSR count). The largest absolute Gasteiger partial charge is 0.356 e. The van der Waals surface area contributed by atoms with Crippen LogP contribution in [0.5, 0.6) is 0 Å². The Kier molecular flexibility index (Phi) is 2.94. The van der Waals surface area contributed by atoms with Gasteiger partial charge in [0.1, 0.15) is 5.82 Å². The van der Waals surface area contributed by atoms with Gasteiger partial charge in [-0.25, -0.2) is 9.97 Å². The van der Waals surface area contributed by atoms with Crippen molar-refractivity contribution in [3.8, 4) is 0 Å². The molecule has 0 radical (unpaired) electrons. The minimum atomic E-state index is 0.743. The van der Waals surface area contributed by atoms with Gasteiger partial charge in [-0.3, -0.25) is 0 Å². The number of rotatable bonds is 4. The van der Waals surface area contributed by atoms with E-state index < -0.39 is 0 Å². The topological polar surface area (TPSA) is 47.7 Å². The Hall–Kier alpha value is -1.78. The molecule has 2 heterocycles. The van der Waals surface area contributed by atoms with Crippen LogP contribution in [0.25, 0.3) is 0 Å². The molecule has 1 N–H and O–H groups in total. The van der Waals surface area contributed by atoms with Crippen molar-refractivity contribution < 1.29 is 0 Å². The van der Waals surface area contributed by atoms with Crippen molar-refractivity contribution in [2.75, 3.05) is 11.9 Å². The van der Waals surface area contributed by atoms with Crippen molar-refractivity contribution in [1.29, 1.82) is 0 Å². The molecule has 0 aromatic carbocycles. The highest BCUT2D eigenvalue weighted by atomic mass is 15.2. The molecule has 2 aromatic rings. The Labute approximate surface area is 95.1 Å². The normalized spacial score (nSPS) is 10.7. The molecule has 0 amide bonds. The summed E-state index contributed by atoms with van der Waals surface area (Å²) in [5.41, 5.74) is 1.02. The molecule has 0 aliphatic carbocycles. The van der Waals surface area contributed by atoms with E-state index in [1.54, 1.807) is 0 Å². The van der Waals surface area contributed by atoms with Crippen LogP contribution in [0.2, 0.25) is 0 Å². The summed E-state index contributed by atoms with van der Waals surface area (Å²) in [6, 6.07) is 0. The predicted octanol–water partition coefficient (Wildman–Crippen LogP) is 1.41. The van der Waals surface area contributed by atoms with E-state index in [-0.39, 0.29) is 0 Å². The van der Waals surface area contributed by atoms with E-state index in [0.29, 0.717) is 0 Å². The van der Waals surface area contributed by atoms with Gasteiger partial charge in [0.25, 0.3) is 0 Å². The second kappa shape index (κ2) is 4.38. The molecule has 0 aliphatic heterocycles. The Balaban J connectivity index is 2.23. The van der Waals surface area contributed by atoms with Gasteiger partial charge in [0.2, 0.25) is 5.95 Å². The van der Waals surface area contributed by atoms with Crippen LogP contribution < -0.4 is 5.32 Å². The van der Waals surface area contributed by atoms with E-state index >= 15 is 0 Å². The molecule has 0 bridgehead atoms. The first-order valence-electron chi connectivity index (χ1n) is 5.44. The number of hydrogen-bond donors (Lipinski definition) is 1. The molecular weight excluding hydrogens is 202 g/mol. The summed E-state index contributed by atoms with van der Waals surface area (Å²) in [6.07, 6.45) is 5.80. The third-order valence-corrected chi connectivity index (χ3v) is 2.46. The number of aromatic nitrogens is 4. The van der Waals surface area contributed by atoms with Crippen LogP contribution in [0.15, 0.2) is 18.6 Å². The van der Waals surface area contributed by atoms with Crippen molar-refractivity contribution in [3.63, 3.8) is 0 Å². The molecule has 0 fully saturated rings. The fourth-order valence-corrected chi connectivity index (χ4v) is 1.67. The number of hydrogen-bond acceptors (Lipinski definition) is 3. The van der Waals surface area contributed by atoms with Gasteiger partial charge in [-0.2, -0.15) is 0 Å². The van der Waals surface area contributed by atoms with Crippen LogP contribution >= 0.6 is 0 Å². The van der Waals surface area contributed by atoms with Crippen molar-refractivity contribution in [2.24, 2.45) is 7.05 Å². The van der Waals surface area contributed by atoms with Gasteiger partial charge < -0.3 is 14.5 Å². The van der Waals surface area contributed by atoms with Crippen LogP contribution in [0.3, 0.4) is 0 Å². The van der Waals surface area contributed by atoms with Gasteiger partial charge in [-0.1, -0.05) is 0 Å². The van der Waals surface area contributed by atoms with Gasteiger partial charge in [-0.05, 0) is 13.8 Å². The quantitative estimate of drug-likeness (QED) is 0.845. The van der Waals surface area contributed by atoms with Crippen molar-refractivity contribution in [2.45, 2.75) is 20.4 Å². The Bertz CT molecular complexity index is 468. The molecule has 2 aromatic heterocycles. The monoisotopic (exact) mass is 219 g/mol. The fourth-order valence-electron chi connectivity index (χ4n) is 1.67. The third kappa shape index (κ3) is 2.08. The van der Waals surface area contributed by atoms with Crippen LogP contribution in [-0.2, 0) is 13.6 Å². The number of nitrogens with zero attached hydrogens (tertiary/aromatic N) is 4. The SMILES string of the molecule is CCNc1nc(C)cn1Cc1nccn1C. The maximum atomic E-state index is 4.43. The summed E-state index contributed by atoms with van der Waals surface area (Å²) in [4.78, 5) is 8.73. The molecule has 16 heavy (non-hydrogen) atoms. The predicted molar refractivity (Wildman–Crippen MR) is 63.4 cm³/mol. The van der Waals surface area contributed by atoms with Crippen LogP contribution in [0.4, 0.5) is 5.95 Å². The summed E-state index contributed by atoms with van der Waals surface area (Å²) in [7, 11) is 2.00. The minimum absolute atomic E-state index is 0.743. The van der Waals surface area contributed by atoms with Crippen LogP contribution in [0, 0.1) is 6.92 Å². The minimum Gasteiger partial charge on any atom is -0.356 e. The smallest absolute Gasteiger partial charge is 0.203 e.